The molecule has 0 spiro atoms. The Morgan fingerprint density at radius 1 is 1.12 bits per heavy atom. The summed E-state index contributed by atoms with van der Waals surface area (Å²) < 4.78 is 0. The van der Waals surface area contributed by atoms with Crippen LogP contribution in [0.3, 0.4) is 0 Å². The Labute approximate surface area is 157 Å². The molecule has 0 amide bonds. The molecule has 0 aliphatic carbocycles. The molecule has 2 heterocycles. The van der Waals surface area contributed by atoms with Crippen molar-refractivity contribution >= 4 is 34.1 Å². The van der Waals surface area contributed by atoms with E-state index in [2.05, 4.69) is 22.0 Å². The molecule has 3 nitrogen and oxygen atoms in total. The van der Waals surface area contributed by atoms with Crippen LogP contribution in [0.5, 0.6) is 0 Å². The van der Waals surface area contributed by atoms with Crippen LogP contribution in [0.25, 0.3) is 10.9 Å². The zero-order valence-electron chi connectivity index (χ0n) is 13.9. The van der Waals surface area contributed by atoms with Gasteiger partial charge in [-0.3, -0.25) is 4.90 Å². The van der Waals surface area contributed by atoms with Crippen molar-refractivity contribution in [1.82, 2.24) is 9.88 Å². The van der Waals surface area contributed by atoms with Gasteiger partial charge in [0.1, 0.15) is 0 Å². The number of fused-ring (bicyclic) bond motifs is 3. The first kappa shape index (κ1) is 16.9. The van der Waals surface area contributed by atoms with E-state index < -0.39 is 0 Å². The molecule has 3 aromatic rings. The van der Waals surface area contributed by atoms with E-state index in [0.717, 1.165) is 48.1 Å². The number of aromatic nitrogens is 1. The van der Waals surface area contributed by atoms with Gasteiger partial charge in [-0.15, -0.1) is 0 Å². The molecule has 1 aliphatic rings. The lowest BCUT2D eigenvalue weighted by atomic mass is 10.0. The first-order valence-corrected chi connectivity index (χ1v) is 9.38. The van der Waals surface area contributed by atoms with Crippen molar-refractivity contribution in [2.75, 3.05) is 13.1 Å². The van der Waals surface area contributed by atoms with Crippen LogP contribution in [0.2, 0.25) is 10.0 Å². The fraction of sp³-hybridized carbons (Fsp3) is 0.300. The predicted molar refractivity (Wildman–Crippen MR) is 105 cm³/mol. The summed E-state index contributed by atoms with van der Waals surface area (Å²) in [5.74, 6) is 0. The minimum Gasteiger partial charge on any atom is -0.357 e. The van der Waals surface area contributed by atoms with Gasteiger partial charge in [0.25, 0.3) is 0 Å². The van der Waals surface area contributed by atoms with E-state index in [0.29, 0.717) is 0 Å². The van der Waals surface area contributed by atoms with Crippen molar-refractivity contribution in [3.8, 4) is 0 Å². The van der Waals surface area contributed by atoms with Gasteiger partial charge in [-0.05, 0) is 54.3 Å². The van der Waals surface area contributed by atoms with Crippen molar-refractivity contribution < 1.29 is 0 Å². The van der Waals surface area contributed by atoms with Crippen molar-refractivity contribution in [3.05, 3.63) is 69.3 Å². The van der Waals surface area contributed by atoms with Gasteiger partial charge < -0.3 is 10.7 Å². The fourth-order valence-corrected chi connectivity index (χ4v) is 4.06. The molecule has 130 valence electrons. The van der Waals surface area contributed by atoms with E-state index in [4.69, 9.17) is 28.9 Å². The zero-order valence-corrected chi connectivity index (χ0v) is 15.4. The molecule has 1 atom stereocenters. The van der Waals surface area contributed by atoms with Crippen LogP contribution in [0.15, 0.2) is 42.5 Å². The van der Waals surface area contributed by atoms with Crippen LogP contribution in [0.4, 0.5) is 0 Å². The van der Waals surface area contributed by atoms with E-state index in [1.807, 2.05) is 30.3 Å². The second-order valence-corrected chi connectivity index (χ2v) is 7.62. The highest BCUT2D eigenvalue weighted by Crippen LogP contribution is 2.30. The van der Waals surface area contributed by atoms with Crippen LogP contribution in [-0.4, -0.2) is 23.0 Å². The smallest absolute Gasteiger partial charge is 0.0460 e. The van der Waals surface area contributed by atoms with Gasteiger partial charge in [0, 0.05) is 52.3 Å². The minimum absolute atomic E-state index is 0.0154. The van der Waals surface area contributed by atoms with Crippen molar-refractivity contribution in [3.63, 3.8) is 0 Å². The molecule has 4 rings (SSSR count). The summed E-state index contributed by atoms with van der Waals surface area (Å²) in [7, 11) is 0. The molecule has 0 radical (unpaired) electrons. The average Bonchev–Trinajstić information content (AvgIpc) is 2.96. The van der Waals surface area contributed by atoms with Gasteiger partial charge in [-0.1, -0.05) is 35.3 Å². The van der Waals surface area contributed by atoms with Crippen LogP contribution in [0.1, 0.15) is 29.3 Å². The first-order valence-electron chi connectivity index (χ1n) is 8.62. The highest BCUT2D eigenvalue weighted by Gasteiger charge is 2.21. The van der Waals surface area contributed by atoms with Crippen molar-refractivity contribution in [1.29, 1.82) is 0 Å². The first-order chi connectivity index (χ1) is 12.1. The van der Waals surface area contributed by atoms with Crippen LogP contribution in [-0.2, 0) is 13.0 Å². The minimum atomic E-state index is 0.0154. The fourth-order valence-electron chi connectivity index (χ4n) is 3.69. The highest BCUT2D eigenvalue weighted by atomic mass is 35.5. The molecule has 2 aromatic carbocycles. The summed E-state index contributed by atoms with van der Waals surface area (Å²) in [5.41, 5.74) is 11.3. The number of nitrogens with one attached hydrogen (secondary N) is 1. The van der Waals surface area contributed by atoms with Gasteiger partial charge in [0.05, 0.1) is 0 Å². The molecule has 0 saturated carbocycles. The molecule has 0 bridgehead atoms. The molecule has 25 heavy (non-hydrogen) atoms. The number of nitrogens with two attached hydrogens (primary N) is 1. The van der Waals surface area contributed by atoms with Gasteiger partial charge in [0.2, 0.25) is 0 Å². The molecule has 5 heteroatoms. The summed E-state index contributed by atoms with van der Waals surface area (Å²) >= 11 is 12.2. The molecule has 1 aliphatic heterocycles. The number of benzene rings is 2. The molecule has 0 saturated heterocycles. The van der Waals surface area contributed by atoms with Crippen molar-refractivity contribution in [2.45, 2.75) is 25.4 Å². The Morgan fingerprint density at radius 3 is 2.80 bits per heavy atom. The number of nitrogens with zero attached hydrogens (tertiary/aromatic N) is 1. The van der Waals surface area contributed by atoms with Gasteiger partial charge in [-0.2, -0.15) is 0 Å². The maximum absolute atomic E-state index is 6.35. The molecule has 3 N–H and O–H groups in total. The van der Waals surface area contributed by atoms with Crippen LogP contribution < -0.4 is 5.73 Å². The third kappa shape index (κ3) is 3.56. The van der Waals surface area contributed by atoms with E-state index in [1.165, 1.54) is 22.2 Å². The summed E-state index contributed by atoms with van der Waals surface area (Å²) in [4.78, 5) is 6.01. The number of H-pyrrole nitrogens is 1. The Hall–Kier alpha value is -1.52. The van der Waals surface area contributed by atoms with E-state index in [1.54, 1.807) is 0 Å². The largest absolute Gasteiger partial charge is 0.357 e. The number of hydrogen-bond acceptors (Lipinski definition) is 2. The lowest BCUT2D eigenvalue weighted by Crippen LogP contribution is -2.32. The monoisotopic (exact) mass is 373 g/mol. The van der Waals surface area contributed by atoms with E-state index >= 15 is 0 Å². The summed E-state index contributed by atoms with van der Waals surface area (Å²) in [5, 5.41) is 2.80. The SMILES string of the molecule is NC(CCN1CCc2c([nH]c3ccc(Cl)cc23)C1)c1cccc(Cl)c1. The Morgan fingerprint density at radius 2 is 1.96 bits per heavy atom. The average molecular weight is 374 g/mol. The number of rotatable bonds is 4. The molecule has 1 unspecified atom stereocenters. The van der Waals surface area contributed by atoms with E-state index in [9.17, 15) is 0 Å². The van der Waals surface area contributed by atoms with Crippen LogP contribution in [0, 0.1) is 0 Å². The quantitative estimate of drug-likeness (QED) is 0.681. The van der Waals surface area contributed by atoms with Crippen LogP contribution >= 0.6 is 23.2 Å². The second-order valence-electron chi connectivity index (χ2n) is 6.75. The topological polar surface area (TPSA) is 45.0 Å². The Bertz CT molecular complexity index is 903. The number of aromatic amines is 1. The lowest BCUT2D eigenvalue weighted by molar-refractivity contribution is 0.242. The van der Waals surface area contributed by atoms with Crippen molar-refractivity contribution in [2.24, 2.45) is 5.73 Å². The van der Waals surface area contributed by atoms with Gasteiger partial charge in [0.15, 0.2) is 0 Å². The summed E-state index contributed by atoms with van der Waals surface area (Å²) in [6.07, 6.45) is 1.96. The van der Waals surface area contributed by atoms with Gasteiger partial charge in [-0.25, -0.2) is 0 Å². The standard InChI is InChI=1S/C20H21Cl2N3/c21-14-3-1-2-13(10-14)18(23)7-9-25-8-6-16-17-11-15(22)4-5-19(17)24-20(16)12-25/h1-5,10-11,18,24H,6-9,12,23H2. The van der Waals surface area contributed by atoms with Gasteiger partial charge >= 0.3 is 0 Å². The number of hydrogen-bond donors (Lipinski definition) is 2. The zero-order chi connectivity index (χ0) is 17.4. The molecular formula is C20H21Cl2N3. The van der Waals surface area contributed by atoms with E-state index in [-0.39, 0.29) is 6.04 Å². The second kappa shape index (κ2) is 7.00. The third-order valence-corrected chi connectivity index (χ3v) is 5.52. The Kier molecular flexibility index (Phi) is 4.74. The molecule has 0 fully saturated rings. The summed E-state index contributed by atoms with van der Waals surface area (Å²) in [6.45, 7) is 2.96. The maximum atomic E-state index is 6.35. The molecular weight excluding hydrogens is 353 g/mol. The maximum Gasteiger partial charge on any atom is 0.0460 e. The third-order valence-electron chi connectivity index (χ3n) is 5.05. The summed E-state index contributed by atoms with van der Waals surface area (Å²) in [6, 6.07) is 13.9. The molecule has 1 aromatic heterocycles. The predicted octanol–water partition coefficient (Wildman–Crippen LogP) is 4.92. The normalized spacial score (nSPS) is 16.1. The Balaban J connectivity index is 1.43. The number of halogens is 2. The lowest BCUT2D eigenvalue weighted by Gasteiger charge is -2.28. The highest BCUT2D eigenvalue weighted by molar-refractivity contribution is 6.31.